The predicted molar refractivity (Wildman–Crippen MR) is 76.1 cm³/mol. The van der Waals surface area contributed by atoms with Crippen molar-refractivity contribution in [2.75, 3.05) is 13.7 Å². The lowest BCUT2D eigenvalue weighted by Crippen LogP contribution is -2.41. The zero-order valence-corrected chi connectivity index (χ0v) is 11.9. The minimum Gasteiger partial charge on any atom is -0.497 e. The fourth-order valence-corrected chi connectivity index (χ4v) is 3.06. The van der Waals surface area contributed by atoms with E-state index in [4.69, 9.17) is 9.47 Å². The second-order valence-corrected chi connectivity index (χ2v) is 5.68. The van der Waals surface area contributed by atoms with Crippen molar-refractivity contribution < 1.29 is 14.3 Å². The molecule has 1 saturated carbocycles. The fraction of sp³-hybridized carbons (Fsp3) is 0.562. The maximum absolute atomic E-state index is 12.3. The number of methoxy groups -OCH3 is 1. The van der Waals surface area contributed by atoms with Crippen LogP contribution in [0.3, 0.4) is 0 Å². The van der Waals surface area contributed by atoms with Crippen LogP contribution in [-0.4, -0.2) is 25.7 Å². The molecule has 0 bridgehead atoms. The summed E-state index contributed by atoms with van der Waals surface area (Å²) in [6, 6.07) is 6.13. The summed E-state index contributed by atoms with van der Waals surface area (Å²) < 4.78 is 10.9. The smallest absolute Gasteiger partial charge is 0.227 e. The highest BCUT2D eigenvalue weighted by atomic mass is 16.5. The SMILES string of the molecule is COc1ccc2c(c1)C[C@H](C(=O)NC1CCCC1)CO2. The lowest BCUT2D eigenvalue weighted by Gasteiger charge is -2.26. The highest BCUT2D eigenvalue weighted by molar-refractivity contribution is 5.80. The molecule has 1 aliphatic heterocycles. The summed E-state index contributed by atoms with van der Waals surface area (Å²) in [5.74, 6) is 1.72. The monoisotopic (exact) mass is 275 g/mol. The molecule has 20 heavy (non-hydrogen) atoms. The molecular formula is C16H21NO3. The quantitative estimate of drug-likeness (QED) is 0.921. The Hall–Kier alpha value is -1.71. The predicted octanol–water partition coefficient (Wildman–Crippen LogP) is 2.31. The minimum atomic E-state index is -0.0878. The molecule has 0 unspecified atom stereocenters. The van der Waals surface area contributed by atoms with E-state index in [-0.39, 0.29) is 11.8 Å². The average Bonchev–Trinajstić information content (AvgIpc) is 2.99. The number of hydrogen-bond acceptors (Lipinski definition) is 3. The van der Waals surface area contributed by atoms with E-state index in [1.165, 1.54) is 12.8 Å². The van der Waals surface area contributed by atoms with Gasteiger partial charge < -0.3 is 14.8 Å². The Balaban J connectivity index is 1.66. The molecule has 0 saturated heterocycles. The Kier molecular flexibility index (Phi) is 3.81. The van der Waals surface area contributed by atoms with Crippen LogP contribution in [0.1, 0.15) is 31.2 Å². The first kappa shape index (κ1) is 13.3. The number of hydrogen-bond donors (Lipinski definition) is 1. The van der Waals surface area contributed by atoms with Gasteiger partial charge in [-0.25, -0.2) is 0 Å². The van der Waals surface area contributed by atoms with Gasteiger partial charge >= 0.3 is 0 Å². The van der Waals surface area contributed by atoms with Gasteiger partial charge in [0.2, 0.25) is 5.91 Å². The van der Waals surface area contributed by atoms with Gasteiger partial charge in [-0.15, -0.1) is 0 Å². The summed E-state index contributed by atoms with van der Waals surface area (Å²) in [6.45, 7) is 0.470. The third-order valence-electron chi connectivity index (χ3n) is 4.25. The molecule has 1 atom stereocenters. The van der Waals surface area contributed by atoms with Crippen molar-refractivity contribution in [1.82, 2.24) is 5.32 Å². The van der Waals surface area contributed by atoms with Crippen LogP contribution in [0, 0.1) is 5.92 Å². The van der Waals surface area contributed by atoms with Gasteiger partial charge in [0.05, 0.1) is 13.0 Å². The largest absolute Gasteiger partial charge is 0.497 e. The molecule has 0 aromatic heterocycles. The van der Waals surface area contributed by atoms with Crippen molar-refractivity contribution in [2.24, 2.45) is 5.92 Å². The number of nitrogens with one attached hydrogen (secondary N) is 1. The molecular weight excluding hydrogens is 254 g/mol. The second-order valence-electron chi connectivity index (χ2n) is 5.68. The van der Waals surface area contributed by atoms with E-state index >= 15 is 0 Å². The molecule has 1 aromatic carbocycles. The van der Waals surface area contributed by atoms with Gasteiger partial charge in [-0.05, 0) is 43.0 Å². The number of carbonyl (C=O) groups excluding carboxylic acids is 1. The van der Waals surface area contributed by atoms with E-state index in [0.29, 0.717) is 12.6 Å². The summed E-state index contributed by atoms with van der Waals surface area (Å²) in [4.78, 5) is 12.3. The normalized spacial score (nSPS) is 21.9. The van der Waals surface area contributed by atoms with Crippen LogP contribution in [0.25, 0.3) is 0 Å². The molecule has 1 aliphatic carbocycles. The Bertz CT molecular complexity index is 494. The summed E-state index contributed by atoms with van der Waals surface area (Å²) in [6.07, 6.45) is 5.41. The van der Waals surface area contributed by atoms with Crippen molar-refractivity contribution in [3.05, 3.63) is 23.8 Å². The van der Waals surface area contributed by atoms with E-state index in [9.17, 15) is 4.79 Å². The summed E-state index contributed by atoms with van der Waals surface area (Å²) in [7, 11) is 1.65. The molecule has 2 aliphatic rings. The van der Waals surface area contributed by atoms with Crippen LogP contribution in [0.4, 0.5) is 0 Å². The van der Waals surface area contributed by atoms with Crippen LogP contribution in [0.15, 0.2) is 18.2 Å². The van der Waals surface area contributed by atoms with Crippen LogP contribution in [0.5, 0.6) is 11.5 Å². The standard InChI is InChI=1S/C16H21NO3/c1-19-14-6-7-15-11(9-14)8-12(10-20-15)16(18)17-13-4-2-3-5-13/h6-7,9,12-13H,2-5,8,10H2,1H3,(H,17,18)/t12-/m0/s1. The molecule has 1 amide bonds. The molecule has 0 radical (unpaired) electrons. The molecule has 1 fully saturated rings. The van der Waals surface area contributed by atoms with Crippen LogP contribution < -0.4 is 14.8 Å². The van der Waals surface area contributed by atoms with Gasteiger partial charge in [0.15, 0.2) is 0 Å². The van der Waals surface area contributed by atoms with E-state index < -0.39 is 0 Å². The Labute approximate surface area is 119 Å². The Morgan fingerprint density at radius 3 is 2.90 bits per heavy atom. The molecule has 1 heterocycles. The van der Waals surface area contributed by atoms with Gasteiger partial charge in [0.25, 0.3) is 0 Å². The van der Waals surface area contributed by atoms with Crippen molar-refractivity contribution >= 4 is 5.91 Å². The Morgan fingerprint density at radius 1 is 1.35 bits per heavy atom. The van der Waals surface area contributed by atoms with Crippen LogP contribution in [-0.2, 0) is 11.2 Å². The first-order chi connectivity index (χ1) is 9.76. The maximum atomic E-state index is 12.3. The third kappa shape index (κ3) is 2.74. The number of carbonyl (C=O) groups is 1. The van der Waals surface area contributed by atoms with E-state index in [1.807, 2.05) is 18.2 Å². The van der Waals surface area contributed by atoms with Crippen LogP contribution >= 0.6 is 0 Å². The molecule has 108 valence electrons. The van der Waals surface area contributed by atoms with Crippen molar-refractivity contribution in [1.29, 1.82) is 0 Å². The third-order valence-corrected chi connectivity index (χ3v) is 4.25. The zero-order chi connectivity index (χ0) is 13.9. The summed E-state index contributed by atoms with van der Waals surface area (Å²) in [5, 5.41) is 3.16. The van der Waals surface area contributed by atoms with Crippen molar-refractivity contribution in [3.63, 3.8) is 0 Å². The topological polar surface area (TPSA) is 47.6 Å². The van der Waals surface area contributed by atoms with E-state index in [0.717, 1.165) is 36.3 Å². The van der Waals surface area contributed by atoms with Gasteiger partial charge in [-0.3, -0.25) is 4.79 Å². The van der Waals surface area contributed by atoms with Gasteiger partial charge in [-0.2, -0.15) is 0 Å². The van der Waals surface area contributed by atoms with Gasteiger partial charge in [-0.1, -0.05) is 12.8 Å². The van der Waals surface area contributed by atoms with E-state index in [2.05, 4.69) is 5.32 Å². The highest BCUT2D eigenvalue weighted by Crippen LogP contribution is 2.31. The Morgan fingerprint density at radius 2 is 2.15 bits per heavy atom. The van der Waals surface area contributed by atoms with Gasteiger partial charge in [0.1, 0.15) is 18.1 Å². The average molecular weight is 275 g/mol. The number of ether oxygens (including phenoxy) is 2. The van der Waals surface area contributed by atoms with Crippen molar-refractivity contribution in [2.45, 2.75) is 38.1 Å². The molecule has 4 nitrogen and oxygen atoms in total. The van der Waals surface area contributed by atoms with Gasteiger partial charge in [0, 0.05) is 6.04 Å². The lowest BCUT2D eigenvalue weighted by molar-refractivity contribution is -0.127. The number of amides is 1. The zero-order valence-electron chi connectivity index (χ0n) is 11.9. The fourth-order valence-electron chi connectivity index (χ4n) is 3.06. The second kappa shape index (κ2) is 5.73. The highest BCUT2D eigenvalue weighted by Gasteiger charge is 2.28. The van der Waals surface area contributed by atoms with E-state index in [1.54, 1.807) is 7.11 Å². The van der Waals surface area contributed by atoms with Crippen LogP contribution in [0.2, 0.25) is 0 Å². The summed E-state index contributed by atoms with van der Waals surface area (Å²) in [5.41, 5.74) is 1.06. The molecule has 1 aromatic rings. The number of benzene rings is 1. The maximum Gasteiger partial charge on any atom is 0.227 e. The molecule has 0 spiro atoms. The first-order valence-electron chi connectivity index (χ1n) is 7.36. The number of rotatable bonds is 3. The molecule has 1 N–H and O–H groups in total. The first-order valence-corrected chi connectivity index (χ1v) is 7.36. The number of fused-ring (bicyclic) bond motifs is 1. The summed E-state index contributed by atoms with van der Waals surface area (Å²) >= 11 is 0. The molecule has 4 heteroatoms. The minimum absolute atomic E-state index is 0.0878. The molecule has 3 rings (SSSR count). The van der Waals surface area contributed by atoms with Crippen molar-refractivity contribution in [3.8, 4) is 11.5 Å². The lowest BCUT2D eigenvalue weighted by atomic mass is 9.95.